The van der Waals surface area contributed by atoms with Gasteiger partial charge < -0.3 is 4.74 Å². The van der Waals surface area contributed by atoms with E-state index in [0.717, 1.165) is 26.1 Å². The van der Waals surface area contributed by atoms with E-state index in [1.807, 2.05) is 0 Å². The van der Waals surface area contributed by atoms with Crippen molar-refractivity contribution in [3.8, 4) is 0 Å². The number of hydrogen-bond donors (Lipinski definition) is 0. The van der Waals surface area contributed by atoms with Gasteiger partial charge in [-0.15, -0.1) is 0 Å². The highest BCUT2D eigenvalue weighted by Gasteiger charge is 2.41. The Morgan fingerprint density at radius 3 is 2.58 bits per heavy atom. The molecule has 1 heteroatoms. The van der Waals surface area contributed by atoms with Crippen LogP contribution in [0.4, 0.5) is 0 Å². The SMILES string of the molecule is C1=C(c2ccccc2)CC[C@@]12COC/C2=C\c1cccc2ccccc12. The Bertz CT molecular complexity index is 1010. The Labute approximate surface area is 154 Å². The highest BCUT2D eigenvalue weighted by Crippen LogP contribution is 2.49. The molecule has 0 N–H and O–H groups in total. The molecule has 3 aromatic rings. The Morgan fingerprint density at radius 1 is 0.846 bits per heavy atom. The van der Waals surface area contributed by atoms with Gasteiger partial charge in [0, 0.05) is 5.41 Å². The third-order valence-electron chi connectivity index (χ3n) is 5.85. The van der Waals surface area contributed by atoms with Gasteiger partial charge in [0.25, 0.3) is 0 Å². The minimum absolute atomic E-state index is 0.0715. The zero-order chi connectivity index (χ0) is 17.4. The summed E-state index contributed by atoms with van der Waals surface area (Å²) in [5, 5.41) is 2.61. The molecule has 0 radical (unpaired) electrons. The molecule has 0 aromatic heterocycles. The molecule has 0 unspecified atom stereocenters. The molecule has 1 aliphatic heterocycles. The quantitative estimate of drug-likeness (QED) is 0.547. The molecule has 0 bridgehead atoms. The Hall–Kier alpha value is -2.64. The van der Waals surface area contributed by atoms with Crippen molar-refractivity contribution in [1.29, 1.82) is 0 Å². The van der Waals surface area contributed by atoms with E-state index >= 15 is 0 Å². The number of hydrogen-bond acceptors (Lipinski definition) is 1. The zero-order valence-corrected chi connectivity index (χ0v) is 14.8. The molecular weight excluding hydrogens is 316 g/mol. The summed E-state index contributed by atoms with van der Waals surface area (Å²) in [6.45, 7) is 1.54. The summed E-state index contributed by atoms with van der Waals surface area (Å²) in [6.07, 6.45) is 7.13. The molecule has 1 aliphatic carbocycles. The Kier molecular flexibility index (Phi) is 3.76. The highest BCUT2D eigenvalue weighted by atomic mass is 16.5. The fourth-order valence-electron chi connectivity index (χ4n) is 4.41. The summed E-state index contributed by atoms with van der Waals surface area (Å²) in [5.41, 5.74) is 5.59. The third kappa shape index (κ3) is 2.60. The van der Waals surface area contributed by atoms with Crippen molar-refractivity contribution in [1.82, 2.24) is 0 Å². The van der Waals surface area contributed by atoms with Crippen LogP contribution in [0, 0.1) is 5.41 Å². The summed E-state index contributed by atoms with van der Waals surface area (Å²) in [6, 6.07) is 25.9. The van der Waals surface area contributed by atoms with Gasteiger partial charge in [0.2, 0.25) is 0 Å². The fourth-order valence-corrected chi connectivity index (χ4v) is 4.41. The second kappa shape index (κ2) is 6.26. The molecule has 3 aromatic carbocycles. The summed E-state index contributed by atoms with van der Waals surface area (Å²) >= 11 is 0. The lowest BCUT2D eigenvalue weighted by Gasteiger charge is -2.21. The van der Waals surface area contributed by atoms with E-state index in [1.165, 1.54) is 33.0 Å². The van der Waals surface area contributed by atoms with Gasteiger partial charge in [-0.3, -0.25) is 0 Å². The van der Waals surface area contributed by atoms with Crippen molar-refractivity contribution in [2.45, 2.75) is 12.8 Å². The molecule has 1 atom stereocenters. The van der Waals surface area contributed by atoms with Crippen LogP contribution in [-0.4, -0.2) is 13.2 Å². The minimum atomic E-state index is 0.0715. The molecule has 1 heterocycles. The van der Waals surface area contributed by atoms with Gasteiger partial charge in [-0.05, 0) is 45.9 Å². The lowest BCUT2D eigenvalue weighted by molar-refractivity contribution is 0.169. The summed E-state index contributed by atoms with van der Waals surface area (Å²) in [4.78, 5) is 0. The highest BCUT2D eigenvalue weighted by molar-refractivity contribution is 5.91. The number of allylic oxidation sites excluding steroid dienone is 1. The number of ether oxygens (including phenoxy) is 1. The average Bonchev–Trinajstić information content (AvgIpc) is 3.30. The van der Waals surface area contributed by atoms with Crippen molar-refractivity contribution in [3.05, 3.63) is 95.6 Å². The van der Waals surface area contributed by atoms with Gasteiger partial charge in [0.1, 0.15) is 0 Å². The standard InChI is InChI=1S/C25H22O/c1-2-7-19(8-3-1)22-13-14-25(16-22)18-26-17-23(25)15-21-11-6-10-20-9-4-5-12-24(20)21/h1-12,15-16H,13-14,17-18H2/b23-15+/t25-/m0/s1. The molecule has 1 nitrogen and oxygen atoms in total. The first-order valence-corrected chi connectivity index (χ1v) is 9.38. The van der Waals surface area contributed by atoms with Crippen LogP contribution in [0.3, 0.4) is 0 Å². The average molecular weight is 338 g/mol. The van der Waals surface area contributed by atoms with Crippen LogP contribution in [-0.2, 0) is 4.74 Å². The van der Waals surface area contributed by atoms with Crippen LogP contribution in [0.5, 0.6) is 0 Å². The molecule has 5 rings (SSSR count). The van der Waals surface area contributed by atoms with Crippen molar-refractivity contribution < 1.29 is 4.74 Å². The van der Waals surface area contributed by atoms with E-state index in [2.05, 4.69) is 84.9 Å². The third-order valence-corrected chi connectivity index (χ3v) is 5.85. The van der Waals surface area contributed by atoms with Gasteiger partial charge in [-0.2, -0.15) is 0 Å². The minimum Gasteiger partial charge on any atom is -0.376 e. The first-order valence-electron chi connectivity index (χ1n) is 9.38. The molecule has 1 spiro atoms. The maximum atomic E-state index is 5.95. The number of fused-ring (bicyclic) bond motifs is 1. The predicted octanol–water partition coefficient (Wildman–Crippen LogP) is 6.12. The van der Waals surface area contributed by atoms with Crippen molar-refractivity contribution in [2.75, 3.05) is 13.2 Å². The summed E-state index contributed by atoms with van der Waals surface area (Å²) < 4.78 is 5.95. The largest absolute Gasteiger partial charge is 0.376 e. The van der Waals surface area contributed by atoms with Gasteiger partial charge >= 0.3 is 0 Å². The van der Waals surface area contributed by atoms with E-state index in [1.54, 1.807) is 0 Å². The van der Waals surface area contributed by atoms with Gasteiger partial charge in [-0.1, -0.05) is 84.9 Å². The van der Waals surface area contributed by atoms with E-state index in [0.29, 0.717) is 0 Å². The normalized spacial score (nSPS) is 23.8. The van der Waals surface area contributed by atoms with Crippen LogP contribution in [0.15, 0.2) is 84.4 Å². The Balaban J connectivity index is 1.57. The van der Waals surface area contributed by atoms with Gasteiger partial charge in [-0.25, -0.2) is 0 Å². The lowest BCUT2D eigenvalue weighted by Crippen LogP contribution is -2.16. The van der Waals surface area contributed by atoms with Gasteiger partial charge in [0.05, 0.1) is 13.2 Å². The smallest absolute Gasteiger partial charge is 0.0690 e. The Morgan fingerprint density at radius 2 is 1.65 bits per heavy atom. The predicted molar refractivity (Wildman–Crippen MR) is 109 cm³/mol. The molecule has 1 saturated heterocycles. The summed E-state index contributed by atoms with van der Waals surface area (Å²) in [7, 11) is 0. The molecule has 128 valence electrons. The van der Waals surface area contributed by atoms with Crippen molar-refractivity contribution >= 4 is 22.4 Å². The van der Waals surface area contributed by atoms with E-state index in [9.17, 15) is 0 Å². The second-order valence-electron chi connectivity index (χ2n) is 7.42. The first kappa shape index (κ1) is 15.6. The lowest BCUT2D eigenvalue weighted by atomic mass is 9.81. The summed E-state index contributed by atoms with van der Waals surface area (Å²) in [5.74, 6) is 0. The van der Waals surface area contributed by atoms with Gasteiger partial charge in [0.15, 0.2) is 0 Å². The van der Waals surface area contributed by atoms with E-state index in [-0.39, 0.29) is 5.41 Å². The zero-order valence-electron chi connectivity index (χ0n) is 14.8. The second-order valence-corrected chi connectivity index (χ2v) is 7.42. The molecular formula is C25H22O. The van der Waals surface area contributed by atoms with Crippen molar-refractivity contribution in [2.24, 2.45) is 5.41 Å². The number of benzene rings is 3. The topological polar surface area (TPSA) is 9.23 Å². The molecule has 2 aliphatic rings. The van der Waals surface area contributed by atoms with Crippen LogP contribution >= 0.6 is 0 Å². The monoisotopic (exact) mass is 338 g/mol. The van der Waals surface area contributed by atoms with Crippen LogP contribution < -0.4 is 0 Å². The maximum Gasteiger partial charge on any atom is 0.0690 e. The van der Waals surface area contributed by atoms with E-state index in [4.69, 9.17) is 4.74 Å². The van der Waals surface area contributed by atoms with Crippen LogP contribution in [0.1, 0.15) is 24.0 Å². The van der Waals surface area contributed by atoms with Crippen LogP contribution in [0.2, 0.25) is 0 Å². The molecule has 1 fully saturated rings. The molecule has 0 saturated carbocycles. The van der Waals surface area contributed by atoms with E-state index < -0.39 is 0 Å². The van der Waals surface area contributed by atoms with Crippen molar-refractivity contribution in [3.63, 3.8) is 0 Å². The van der Waals surface area contributed by atoms with Crippen LogP contribution in [0.25, 0.3) is 22.4 Å². The fraction of sp³-hybridized carbons (Fsp3) is 0.200. The maximum absolute atomic E-state index is 5.95. The molecule has 0 amide bonds. The number of rotatable bonds is 2. The first-order chi connectivity index (χ1) is 12.8. The molecule has 26 heavy (non-hydrogen) atoms.